The Bertz CT molecular complexity index is 802. The van der Waals surface area contributed by atoms with Gasteiger partial charge in [-0.25, -0.2) is 4.98 Å². The van der Waals surface area contributed by atoms with Crippen molar-refractivity contribution in [3.63, 3.8) is 0 Å². The zero-order valence-electron chi connectivity index (χ0n) is 15.3. The van der Waals surface area contributed by atoms with Gasteiger partial charge in [0.1, 0.15) is 6.07 Å². The molecule has 2 saturated heterocycles. The van der Waals surface area contributed by atoms with E-state index in [9.17, 15) is 0 Å². The minimum atomic E-state index is 0.286. The van der Waals surface area contributed by atoms with E-state index in [1.54, 1.807) is 18.3 Å². The van der Waals surface area contributed by atoms with Crippen LogP contribution in [0.5, 0.6) is 5.88 Å². The van der Waals surface area contributed by atoms with Crippen LogP contribution in [0.3, 0.4) is 0 Å². The fourth-order valence-electron chi connectivity index (χ4n) is 4.27. The first-order valence-electron chi connectivity index (χ1n) is 8.96. The molecule has 0 aliphatic carbocycles. The van der Waals surface area contributed by atoms with Crippen molar-refractivity contribution in [2.24, 2.45) is 13.0 Å². The van der Waals surface area contributed by atoms with Crippen LogP contribution in [0.2, 0.25) is 0 Å². The van der Waals surface area contributed by atoms with Gasteiger partial charge in [0.15, 0.2) is 0 Å². The molecule has 1 spiro atoms. The third kappa shape index (κ3) is 3.30. The SMILES string of the molecule is CN1C[C@@H](COc2ccc(C#N)cn2)CC12CN(Cc1cnn(C)c1)C2. The standard InChI is InChI=1S/C19H24N6O/c1-23-9-16(12-26-18-4-3-15(6-20)7-21-18)5-19(23)13-25(14-19)11-17-8-22-24(2)10-17/h3-4,7-8,10,16H,5,9,11-14H2,1-2H3/t16-/m0/s1. The minimum absolute atomic E-state index is 0.286. The summed E-state index contributed by atoms with van der Waals surface area (Å²) in [6.07, 6.45) is 6.75. The highest BCUT2D eigenvalue weighted by atomic mass is 16.5. The Balaban J connectivity index is 1.27. The lowest BCUT2D eigenvalue weighted by Crippen LogP contribution is -2.66. The van der Waals surface area contributed by atoms with Crippen molar-refractivity contribution >= 4 is 0 Å². The summed E-state index contributed by atoms with van der Waals surface area (Å²) in [6, 6.07) is 5.58. The highest BCUT2D eigenvalue weighted by Crippen LogP contribution is 2.40. The Labute approximate surface area is 153 Å². The molecule has 0 radical (unpaired) electrons. The van der Waals surface area contributed by atoms with Crippen molar-refractivity contribution in [1.82, 2.24) is 24.6 Å². The van der Waals surface area contributed by atoms with Crippen molar-refractivity contribution in [3.05, 3.63) is 41.9 Å². The van der Waals surface area contributed by atoms with E-state index in [1.807, 2.05) is 17.9 Å². The summed E-state index contributed by atoms with van der Waals surface area (Å²) in [5.74, 6) is 1.11. The average Bonchev–Trinajstić information content (AvgIpc) is 3.16. The summed E-state index contributed by atoms with van der Waals surface area (Å²) in [5.41, 5.74) is 2.11. The van der Waals surface area contributed by atoms with Gasteiger partial charge in [0, 0.05) is 68.7 Å². The Morgan fingerprint density at radius 2 is 2.15 bits per heavy atom. The second kappa shape index (κ2) is 6.71. The van der Waals surface area contributed by atoms with E-state index in [2.05, 4.69) is 39.2 Å². The number of aryl methyl sites for hydroxylation is 1. The smallest absolute Gasteiger partial charge is 0.213 e. The highest BCUT2D eigenvalue weighted by molar-refractivity contribution is 5.28. The predicted octanol–water partition coefficient (Wildman–Crippen LogP) is 1.27. The van der Waals surface area contributed by atoms with Gasteiger partial charge in [-0.3, -0.25) is 14.5 Å². The molecule has 0 amide bonds. The van der Waals surface area contributed by atoms with Gasteiger partial charge in [0.2, 0.25) is 5.88 Å². The van der Waals surface area contributed by atoms with Crippen molar-refractivity contribution in [1.29, 1.82) is 5.26 Å². The van der Waals surface area contributed by atoms with Gasteiger partial charge in [0.05, 0.1) is 18.4 Å². The number of nitrogens with zero attached hydrogens (tertiary/aromatic N) is 6. The van der Waals surface area contributed by atoms with Crippen LogP contribution in [0.1, 0.15) is 17.5 Å². The second-order valence-corrected chi connectivity index (χ2v) is 7.65. The van der Waals surface area contributed by atoms with E-state index in [4.69, 9.17) is 10.00 Å². The molecule has 0 aromatic carbocycles. The monoisotopic (exact) mass is 352 g/mol. The molecule has 2 aliphatic rings. The molecule has 26 heavy (non-hydrogen) atoms. The molecule has 4 heterocycles. The van der Waals surface area contributed by atoms with Crippen molar-refractivity contribution in [2.45, 2.75) is 18.5 Å². The maximum Gasteiger partial charge on any atom is 0.213 e. The first-order valence-corrected chi connectivity index (χ1v) is 8.96. The lowest BCUT2D eigenvalue weighted by atomic mass is 9.84. The number of ether oxygens (including phenoxy) is 1. The van der Waals surface area contributed by atoms with Crippen LogP contribution in [0.25, 0.3) is 0 Å². The Morgan fingerprint density at radius 3 is 2.81 bits per heavy atom. The van der Waals surface area contributed by atoms with Crippen molar-refractivity contribution in [2.75, 3.05) is 33.3 Å². The van der Waals surface area contributed by atoms with Crippen LogP contribution in [0, 0.1) is 17.2 Å². The first kappa shape index (κ1) is 17.0. The van der Waals surface area contributed by atoms with Crippen LogP contribution in [-0.4, -0.2) is 63.4 Å². The van der Waals surface area contributed by atoms with Crippen LogP contribution in [-0.2, 0) is 13.6 Å². The van der Waals surface area contributed by atoms with Gasteiger partial charge in [-0.05, 0) is 19.5 Å². The third-order valence-electron chi connectivity index (χ3n) is 5.54. The number of nitriles is 1. The number of hydrogen-bond acceptors (Lipinski definition) is 6. The molecule has 0 unspecified atom stereocenters. The van der Waals surface area contributed by atoms with Crippen LogP contribution >= 0.6 is 0 Å². The molecule has 2 fully saturated rings. The van der Waals surface area contributed by atoms with Crippen molar-refractivity contribution in [3.8, 4) is 11.9 Å². The number of pyridine rings is 1. The molecule has 2 aromatic rings. The quantitative estimate of drug-likeness (QED) is 0.807. The number of likely N-dealkylation sites (tertiary alicyclic amines) is 2. The molecule has 1 atom stereocenters. The fraction of sp³-hybridized carbons (Fsp3) is 0.526. The molecule has 2 aliphatic heterocycles. The summed E-state index contributed by atoms with van der Waals surface area (Å²) in [4.78, 5) is 9.16. The van der Waals surface area contributed by atoms with Gasteiger partial charge < -0.3 is 4.74 Å². The van der Waals surface area contributed by atoms with E-state index >= 15 is 0 Å². The highest BCUT2D eigenvalue weighted by Gasteiger charge is 2.51. The topological polar surface area (TPSA) is 70.2 Å². The molecule has 2 aromatic heterocycles. The largest absolute Gasteiger partial charge is 0.477 e. The van der Waals surface area contributed by atoms with Crippen LogP contribution < -0.4 is 4.74 Å². The van der Waals surface area contributed by atoms with Crippen LogP contribution in [0.4, 0.5) is 0 Å². The van der Waals surface area contributed by atoms with E-state index in [0.717, 1.165) is 32.6 Å². The number of rotatable bonds is 5. The molecule has 7 heteroatoms. The number of aromatic nitrogens is 3. The molecule has 0 N–H and O–H groups in total. The lowest BCUT2D eigenvalue weighted by molar-refractivity contribution is -0.0222. The molecule has 7 nitrogen and oxygen atoms in total. The van der Waals surface area contributed by atoms with Gasteiger partial charge in [-0.2, -0.15) is 10.4 Å². The molecular weight excluding hydrogens is 328 g/mol. The molecule has 0 saturated carbocycles. The van der Waals surface area contributed by atoms with Crippen LogP contribution in [0.15, 0.2) is 30.7 Å². The summed E-state index contributed by atoms with van der Waals surface area (Å²) < 4.78 is 7.71. The fourth-order valence-corrected chi connectivity index (χ4v) is 4.27. The maximum absolute atomic E-state index is 8.82. The molecule has 4 rings (SSSR count). The second-order valence-electron chi connectivity index (χ2n) is 7.65. The van der Waals surface area contributed by atoms with E-state index < -0.39 is 0 Å². The zero-order valence-corrected chi connectivity index (χ0v) is 15.3. The molecule has 0 bridgehead atoms. The van der Waals surface area contributed by atoms with Gasteiger partial charge >= 0.3 is 0 Å². The van der Waals surface area contributed by atoms with E-state index in [0.29, 0.717) is 24.0 Å². The normalized spacial score (nSPS) is 22.3. The van der Waals surface area contributed by atoms with Gasteiger partial charge in [-0.15, -0.1) is 0 Å². The molecular formula is C19H24N6O. The Kier molecular flexibility index (Phi) is 4.39. The lowest BCUT2D eigenvalue weighted by Gasteiger charge is -2.52. The van der Waals surface area contributed by atoms with Crippen molar-refractivity contribution < 1.29 is 4.74 Å². The van der Waals surface area contributed by atoms with E-state index in [1.165, 1.54) is 5.56 Å². The predicted molar refractivity (Wildman–Crippen MR) is 96.4 cm³/mol. The summed E-state index contributed by atoms with van der Waals surface area (Å²) in [7, 11) is 4.18. The summed E-state index contributed by atoms with van der Waals surface area (Å²) in [5, 5.41) is 13.1. The first-order chi connectivity index (χ1) is 12.6. The summed E-state index contributed by atoms with van der Waals surface area (Å²) in [6.45, 7) is 4.90. The number of likely N-dealkylation sites (N-methyl/N-ethyl adjacent to an activating group) is 1. The molecule has 136 valence electrons. The third-order valence-corrected chi connectivity index (χ3v) is 5.54. The van der Waals surface area contributed by atoms with Gasteiger partial charge in [0.25, 0.3) is 0 Å². The number of hydrogen-bond donors (Lipinski definition) is 0. The van der Waals surface area contributed by atoms with E-state index in [-0.39, 0.29) is 5.54 Å². The average molecular weight is 352 g/mol. The Hall–Kier alpha value is -2.43. The minimum Gasteiger partial charge on any atom is -0.477 e. The maximum atomic E-state index is 8.82. The Morgan fingerprint density at radius 1 is 1.31 bits per heavy atom. The summed E-state index contributed by atoms with van der Waals surface area (Å²) >= 11 is 0. The zero-order chi connectivity index (χ0) is 18.1. The van der Waals surface area contributed by atoms with Gasteiger partial charge in [-0.1, -0.05) is 0 Å².